The Morgan fingerprint density at radius 3 is 2.88 bits per heavy atom. The van der Waals surface area contributed by atoms with Crippen molar-refractivity contribution < 1.29 is 18.7 Å². The minimum absolute atomic E-state index is 0.0642. The van der Waals surface area contributed by atoms with Crippen molar-refractivity contribution in [2.45, 2.75) is 6.92 Å². The zero-order chi connectivity index (χ0) is 12.0. The number of halogens is 1. The molecule has 1 rings (SSSR count). The zero-order valence-electron chi connectivity index (χ0n) is 8.60. The molecule has 0 unspecified atom stereocenters. The Hall–Kier alpha value is -1.98. The molecule has 1 aromatic rings. The number of hydrogen-bond donors (Lipinski definition) is 0. The minimum Gasteiger partial charge on any atom is -0.479 e. The van der Waals surface area contributed by atoms with Gasteiger partial charge in [-0.15, -0.1) is 4.91 Å². The molecule has 0 atom stereocenters. The van der Waals surface area contributed by atoms with E-state index in [-0.39, 0.29) is 24.7 Å². The molecular weight excluding hydrogens is 217 g/mol. The summed E-state index contributed by atoms with van der Waals surface area (Å²) < 4.78 is 22.3. The average molecular weight is 227 g/mol. The zero-order valence-corrected chi connectivity index (χ0v) is 8.60. The van der Waals surface area contributed by atoms with Gasteiger partial charge in [0.25, 0.3) is 0 Å². The number of esters is 1. The summed E-state index contributed by atoms with van der Waals surface area (Å²) >= 11 is 0. The summed E-state index contributed by atoms with van der Waals surface area (Å²) in [6, 6.07) is 3.23. The molecular formula is C10H10FNO4. The van der Waals surface area contributed by atoms with Crippen LogP contribution in [0.1, 0.15) is 6.92 Å². The summed E-state index contributed by atoms with van der Waals surface area (Å²) in [6.07, 6.45) is 0. The molecule has 0 fully saturated rings. The molecule has 0 saturated heterocycles. The first-order chi connectivity index (χ1) is 7.67. The van der Waals surface area contributed by atoms with Crippen LogP contribution in [0.4, 0.5) is 10.1 Å². The molecule has 86 valence electrons. The SMILES string of the molecule is CCOC(=O)COc1cc(F)ccc1N=O. The van der Waals surface area contributed by atoms with E-state index in [0.717, 1.165) is 12.1 Å². The lowest BCUT2D eigenvalue weighted by Crippen LogP contribution is -2.14. The highest BCUT2D eigenvalue weighted by molar-refractivity contribution is 5.71. The molecule has 0 aliphatic heterocycles. The average Bonchev–Trinajstić information content (AvgIpc) is 2.27. The van der Waals surface area contributed by atoms with Gasteiger partial charge in [0.05, 0.1) is 6.61 Å². The van der Waals surface area contributed by atoms with E-state index in [1.807, 2.05) is 0 Å². The van der Waals surface area contributed by atoms with Crippen LogP contribution in [0.2, 0.25) is 0 Å². The van der Waals surface area contributed by atoms with Gasteiger partial charge in [-0.3, -0.25) is 0 Å². The van der Waals surface area contributed by atoms with Gasteiger partial charge in [-0.25, -0.2) is 9.18 Å². The fraction of sp³-hybridized carbons (Fsp3) is 0.300. The highest BCUT2D eigenvalue weighted by Crippen LogP contribution is 2.27. The Morgan fingerprint density at radius 2 is 2.25 bits per heavy atom. The third-order valence-electron chi connectivity index (χ3n) is 1.67. The molecule has 0 N–H and O–H groups in total. The number of ether oxygens (including phenoxy) is 2. The standard InChI is InChI=1S/C10H10FNO4/c1-2-15-10(13)6-16-9-5-7(11)3-4-8(9)12-14/h3-5H,2,6H2,1H3. The first kappa shape index (κ1) is 12.1. The van der Waals surface area contributed by atoms with E-state index >= 15 is 0 Å². The number of hydrogen-bond acceptors (Lipinski definition) is 5. The Balaban J connectivity index is 2.68. The van der Waals surface area contributed by atoms with Gasteiger partial charge in [0.2, 0.25) is 0 Å². The molecule has 0 spiro atoms. The van der Waals surface area contributed by atoms with Crippen LogP contribution in [0.15, 0.2) is 23.4 Å². The van der Waals surface area contributed by atoms with Gasteiger partial charge in [0.15, 0.2) is 12.4 Å². The Morgan fingerprint density at radius 1 is 1.50 bits per heavy atom. The predicted octanol–water partition coefficient (Wildman–Crippen LogP) is 2.17. The molecule has 16 heavy (non-hydrogen) atoms. The maximum Gasteiger partial charge on any atom is 0.344 e. The molecule has 1 aromatic carbocycles. The third kappa shape index (κ3) is 3.30. The smallest absolute Gasteiger partial charge is 0.344 e. The number of benzene rings is 1. The summed E-state index contributed by atoms with van der Waals surface area (Å²) in [5, 5.41) is 2.64. The minimum atomic E-state index is -0.594. The largest absolute Gasteiger partial charge is 0.479 e. The Bertz CT molecular complexity index is 394. The van der Waals surface area contributed by atoms with Crippen LogP contribution in [-0.4, -0.2) is 19.2 Å². The molecule has 0 bridgehead atoms. The lowest BCUT2D eigenvalue weighted by atomic mass is 10.3. The number of carbonyl (C=O) groups is 1. The molecule has 0 aliphatic carbocycles. The fourth-order valence-electron chi connectivity index (χ4n) is 1.02. The lowest BCUT2D eigenvalue weighted by Gasteiger charge is -2.06. The fourth-order valence-corrected chi connectivity index (χ4v) is 1.02. The van der Waals surface area contributed by atoms with Crippen LogP contribution >= 0.6 is 0 Å². The van der Waals surface area contributed by atoms with E-state index in [9.17, 15) is 14.1 Å². The van der Waals surface area contributed by atoms with E-state index in [1.54, 1.807) is 6.92 Å². The van der Waals surface area contributed by atoms with Crippen LogP contribution in [0, 0.1) is 10.7 Å². The molecule has 0 radical (unpaired) electrons. The maximum atomic E-state index is 12.8. The van der Waals surface area contributed by atoms with Crippen molar-refractivity contribution >= 4 is 11.7 Å². The third-order valence-corrected chi connectivity index (χ3v) is 1.67. The van der Waals surface area contributed by atoms with E-state index < -0.39 is 11.8 Å². The summed E-state index contributed by atoms with van der Waals surface area (Å²) in [6.45, 7) is 1.49. The van der Waals surface area contributed by atoms with E-state index in [0.29, 0.717) is 0 Å². The second-order valence-corrected chi connectivity index (χ2v) is 2.80. The van der Waals surface area contributed by atoms with Crippen molar-refractivity contribution in [1.29, 1.82) is 0 Å². The molecule has 0 heterocycles. The van der Waals surface area contributed by atoms with Crippen molar-refractivity contribution in [2.24, 2.45) is 5.18 Å². The van der Waals surface area contributed by atoms with E-state index in [1.165, 1.54) is 6.07 Å². The molecule has 0 amide bonds. The number of rotatable bonds is 5. The van der Waals surface area contributed by atoms with Crippen LogP contribution in [0.5, 0.6) is 5.75 Å². The Labute approximate surface area is 91.1 Å². The molecule has 0 saturated carbocycles. The van der Waals surface area contributed by atoms with Crippen molar-refractivity contribution in [2.75, 3.05) is 13.2 Å². The van der Waals surface area contributed by atoms with Gasteiger partial charge >= 0.3 is 5.97 Å². The molecule has 0 aromatic heterocycles. The van der Waals surface area contributed by atoms with Crippen molar-refractivity contribution in [1.82, 2.24) is 0 Å². The van der Waals surface area contributed by atoms with Crippen LogP contribution in [-0.2, 0) is 9.53 Å². The van der Waals surface area contributed by atoms with Gasteiger partial charge in [-0.1, -0.05) is 0 Å². The quantitative estimate of drug-likeness (QED) is 0.571. The van der Waals surface area contributed by atoms with Crippen molar-refractivity contribution in [3.05, 3.63) is 28.9 Å². The van der Waals surface area contributed by atoms with E-state index in [2.05, 4.69) is 9.91 Å². The van der Waals surface area contributed by atoms with Crippen LogP contribution < -0.4 is 4.74 Å². The maximum absolute atomic E-state index is 12.8. The number of carbonyl (C=O) groups excluding carboxylic acids is 1. The summed E-state index contributed by atoms with van der Waals surface area (Å²) in [5.41, 5.74) is -0.0642. The molecule has 0 aliphatic rings. The number of nitroso groups, excluding NO2 is 1. The van der Waals surface area contributed by atoms with Crippen molar-refractivity contribution in [3.63, 3.8) is 0 Å². The number of nitrogens with zero attached hydrogens (tertiary/aromatic N) is 1. The monoisotopic (exact) mass is 227 g/mol. The van der Waals surface area contributed by atoms with Crippen LogP contribution in [0.25, 0.3) is 0 Å². The normalized spacial score (nSPS) is 9.62. The predicted molar refractivity (Wildman–Crippen MR) is 54.0 cm³/mol. The Kier molecular flexibility index (Phi) is 4.38. The van der Waals surface area contributed by atoms with Gasteiger partial charge in [0.1, 0.15) is 11.5 Å². The molecule has 5 nitrogen and oxygen atoms in total. The summed E-state index contributed by atoms with van der Waals surface area (Å²) in [4.78, 5) is 21.3. The summed E-state index contributed by atoms with van der Waals surface area (Å²) in [5.74, 6) is -1.25. The van der Waals surface area contributed by atoms with Gasteiger partial charge in [0, 0.05) is 6.07 Å². The van der Waals surface area contributed by atoms with Gasteiger partial charge < -0.3 is 9.47 Å². The van der Waals surface area contributed by atoms with Gasteiger partial charge in [-0.2, -0.15) is 0 Å². The van der Waals surface area contributed by atoms with Crippen LogP contribution in [0.3, 0.4) is 0 Å². The van der Waals surface area contributed by atoms with Crippen molar-refractivity contribution in [3.8, 4) is 5.75 Å². The topological polar surface area (TPSA) is 65.0 Å². The second-order valence-electron chi connectivity index (χ2n) is 2.80. The highest BCUT2D eigenvalue weighted by atomic mass is 19.1. The molecule has 6 heteroatoms. The highest BCUT2D eigenvalue weighted by Gasteiger charge is 2.09. The lowest BCUT2D eigenvalue weighted by molar-refractivity contribution is -0.145. The van der Waals surface area contributed by atoms with Gasteiger partial charge in [-0.05, 0) is 24.2 Å². The first-order valence-corrected chi connectivity index (χ1v) is 4.58. The second kappa shape index (κ2) is 5.79. The first-order valence-electron chi connectivity index (χ1n) is 4.58. The van der Waals surface area contributed by atoms with E-state index in [4.69, 9.17) is 4.74 Å². The summed E-state index contributed by atoms with van der Waals surface area (Å²) in [7, 11) is 0.